The Balaban J connectivity index is -0.000000372. The Labute approximate surface area is 190 Å². The van der Waals surface area contributed by atoms with E-state index in [9.17, 15) is 9.90 Å². The fourth-order valence-corrected chi connectivity index (χ4v) is 4.61. The molecule has 30 heavy (non-hydrogen) atoms. The summed E-state index contributed by atoms with van der Waals surface area (Å²) in [5, 5.41) is 9.20. The van der Waals surface area contributed by atoms with E-state index >= 15 is 0 Å². The van der Waals surface area contributed by atoms with E-state index < -0.39 is 0 Å². The Morgan fingerprint density at radius 1 is 0.567 bits per heavy atom. The summed E-state index contributed by atoms with van der Waals surface area (Å²) in [6, 6.07) is 1.09. The zero-order valence-corrected chi connectivity index (χ0v) is 23.4. The standard InChI is InChI=1S/C10H21NO.C9H21N.C7H16O/c1-7(2)10(8(3)4)11(6)9(5)12;1-7(2)9(8(3)4)10(5)6;1-5(2)7(8)6(3)4/h7-8,10H,1-6H3;7-9H,1-6H3;5-8H,1-4H3. The van der Waals surface area contributed by atoms with Gasteiger partial charge in [0.25, 0.3) is 0 Å². The number of aliphatic hydroxyl groups excluding tert-OH is 1. The fourth-order valence-electron chi connectivity index (χ4n) is 4.61. The molecular weight excluding hydrogens is 372 g/mol. The van der Waals surface area contributed by atoms with Crippen LogP contribution >= 0.6 is 0 Å². The number of amides is 1. The zero-order valence-electron chi connectivity index (χ0n) is 23.4. The summed E-state index contributed by atoms with van der Waals surface area (Å²) in [4.78, 5) is 15.3. The Morgan fingerprint density at radius 3 is 0.867 bits per heavy atom. The lowest BCUT2D eigenvalue weighted by Crippen LogP contribution is -2.42. The van der Waals surface area contributed by atoms with Crippen LogP contribution in [-0.2, 0) is 4.79 Å². The van der Waals surface area contributed by atoms with Gasteiger partial charge in [-0.1, -0.05) is 83.1 Å². The van der Waals surface area contributed by atoms with Crippen LogP contribution in [0.2, 0.25) is 0 Å². The Bertz CT molecular complexity index is 380. The van der Waals surface area contributed by atoms with E-state index in [1.807, 2.05) is 39.6 Å². The number of carbonyl (C=O) groups excluding carboxylic acids is 1. The maximum Gasteiger partial charge on any atom is 0.219 e. The van der Waals surface area contributed by atoms with Crippen molar-refractivity contribution in [3.8, 4) is 0 Å². The van der Waals surface area contributed by atoms with Crippen LogP contribution in [0.1, 0.15) is 90.0 Å². The highest BCUT2D eigenvalue weighted by Crippen LogP contribution is 2.18. The third-order valence-corrected chi connectivity index (χ3v) is 5.64. The molecule has 0 aromatic heterocycles. The average Bonchev–Trinajstić information content (AvgIpc) is 2.52. The van der Waals surface area contributed by atoms with Crippen molar-refractivity contribution in [1.82, 2.24) is 9.80 Å². The van der Waals surface area contributed by atoms with E-state index in [0.29, 0.717) is 29.7 Å². The molecule has 0 aromatic carbocycles. The first-order valence-electron chi connectivity index (χ1n) is 12.0. The molecular formula is C26H58N2O2. The second-order valence-corrected chi connectivity index (χ2v) is 11.0. The molecule has 1 amide bonds. The smallest absolute Gasteiger partial charge is 0.219 e. The molecule has 4 nitrogen and oxygen atoms in total. The summed E-state index contributed by atoms with van der Waals surface area (Å²) in [6.45, 7) is 27.5. The lowest BCUT2D eigenvalue weighted by atomic mass is 9.92. The second kappa shape index (κ2) is 17.0. The van der Waals surface area contributed by atoms with Crippen LogP contribution in [-0.4, -0.2) is 60.1 Å². The van der Waals surface area contributed by atoms with Gasteiger partial charge in [0.2, 0.25) is 5.91 Å². The number of aliphatic hydroxyl groups is 1. The normalized spacial score (nSPS) is 12.0. The van der Waals surface area contributed by atoms with Crippen LogP contribution in [0.15, 0.2) is 0 Å². The van der Waals surface area contributed by atoms with Crippen molar-refractivity contribution in [1.29, 1.82) is 0 Å². The third-order valence-electron chi connectivity index (χ3n) is 5.64. The Morgan fingerprint density at radius 2 is 0.833 bits per heavy atom. The minimum Gasteiger partial charge on any atom is -0.393 e. The maximum absolute atomic E-state index is 11.1. The molecule has 0 aliphatic carbocycles. The van der Waals surface area contributed by atoms with Crippen LogP contribution in [0, 0.1) is 35.5 Å². The fraction of sp³-hybridized carbons (Fsp3) is 0.962. The minimum absolute atomic E-state index is 0.130. The molecule has 0 unspecified atom stereocenters. The monoisotopic (exact) mass is 430 g/mol. The lowest BCUT2D eigenvalue weighted by molar-refractivity contribution is -0.131. The number of hydrogen-bond acceptors (Lipinski definition) is 3. The van der Waals surface area contributed by atoms with Crippen molar-refractivity contribution in [2.45, 2.75) is 108 Å². The van der Waals surface area contributed by atoms with Gasteiger partial charge in [0.15, 0.2) is 0 Å². The summed E-state index contributed by atoms with van der Waals surface area (Å²) in [7, 11) is 6.20. The Kier molecular flexibility index (Phi) is 19.3. The van der Waals surface area contributed by atoms with E-state index in [-0.39, 0.29) is 12.0 Å². The van der Waals surface area contributed by atoms with Gasteiger partial charge in [-0.25, -0.2) is 0 Å². The quantitative estimate of drug-likeness (QED) is 0.511. The largest absolute Gasteiger partial charge is 0.393 e. The predicted molar refractivity (Wildman–Crippen MR) is 135 cm³/mol. The summed E-state index contributed by atoms with van der Waals surface area (Å²) in [6.07, 6.45) is -0.130. The van der Waals surface area contributed by atoms with Crippen LogP contribution in [0.5, 0.6) is 0 Å². The first-order valence-corrected chi connectivity index (χ1v) is 12.0. The van der Waals surface area contributed by atoms with Gasteiger partial charge in [-0.15, -0.1) is 0 Å². The van der Waals surface area contributed by atoms with E-state index in [4.69, 9.17) is 0 Å². The third kappa shape index (κ3) is 15.2. The number of nitrogens with zero attached hydrogens (tertiary/aromatic N) is 2. The molecule has 0 saturated carbocycles. The molecule has 0 spiro atoms. The molecule has 0 bridgehead atoms. The summed E-state index contributed by atoms with van der Waals surface area (Å²) in [5.74, 6) is 3.52. The van der Waals surface area contributed by atoms with Gasteiger partial charge in [0.1, 0.15) is 0 Å². The molecule has 0 heterocycles. The highest BCUT2D eigenvalue weighted by molar-refractivity contribution is 5.73. The van der Waals surface area contributed by atoms with Crippen LogP contribution < -0.4 is 0 Å². The summed E-state index contributed by atoms with van der Waals surface area (Å²) in [5.41, 5.74) is 0. The molecule has 0 rings (SSSR count). The van der Waals surface area contributed by atoms with Gasteiger partial charge in [0, 0.05) is 26.1 Å². The summed E-state index contributed by atoms with van der Waals surface area (Å²) >= 11 is 0. The first-order chi connectivity index (χ1) is 13.4. The molecule has 0 aliphatic heterocycles. The van der Waals surface area contributed by atoms with Crippen molar-refractivity contribution < 1.29 is 9.90 Å². The van der Waals surface area contributed by atoms with Gasteiger partial charge in [0.05, 0.1) is 6.10 Å². The SMILES string of the molecule is CC(=O)N(C)C(C(C)C)C(C)C.CC(C)C(C(C)C)N(C)C.CC(C)C(O)C(C)C. The van der Waals surface area contributed by atoms with E-state index in [1.165, 1.54) is 0 Å². The van der Waals surface area contributed by atoms with E-state index in [2.05, 4.69) is 74.4 Å². The van der Waals surface area contributed by atoms with Gasteiger partial charge in [-0.2, -0.15) is 0 Å². The van der Waals surface area contributed by atoms with Crippen LogP contribution in [0.4, 0.5) is 0 Å². The molecule has 0 radical (unpaired) electrons. The molecule has 0 aromatic rings. The molecule has 1 N–H and O–H groups in total. The highest BCUT2D eigenvalue weighted by atomic mass is 16.3. The van der Waals surface area contributed by atoms with Crippen molar-refractivity contribution in [3.05, 3.63) is 0 Å². The van der Waals surface area contributed by atoms with Crippen molar-refractivity contribution in [2.75, 3.05) is 21.1 Å². The second-order valence-electron chi connectivity index (χ2n) is 11.0. The van der Waals surface area contributed by atoms with Crippen molar-refractivity contribution in [3.63, 3.8) is 0 Å². The van der Waals surface area contributed by atoms with Crippen LogP contribution in [0.25, 0.3) is 0 Å². The molecule has 184 valence electrons. The van der Waals surface area contributed by atoms with E-state index in [1.54, 1.807) is 6.92 Å². The van der Waals surface area contributed by atoms with E-state index in [0.717, 1.165) is 17.9 Å². The zero-order chi connectivity index (χ0) is 24.9. The van der Waals surface area contributed by atoms with Crippen LogP contribution in [0.3, 0.4) is 0 Å². The van der Waals surface area contributed by atoms with Gasteiger partial charge < -0.3 is 14.9 Å². The van der Waals surface area contributed by atoms with Crippen molar-refractivity contribution >= 4 is 5.91 Å². The number of carbonyl (C=O) groups is 1. The molecule has 0 fully saturated rings. The van der Waals surface area contributed by atoms with Crippen molar-refractivity contribution in [2.24, 2.45) is 35.5 Å². The predicted octanol–water partition coefficient (Wildman–Crippen LogP) is 6.03. The maximum atomic E-state index is 11.1. The van der Waals surface area contributed by atoms with Gasteiger partial charge in [-0.05, 0) is 49.6 Å². The molecule has 0 atom stereocenters. The highest BCUT2D eigenvalue weighted by Gasteiger charge is 2.23. The topological polar surface area (TPSA) is 43.8 Å². The Hall–Kier alpha value is -0.610. The molecule has 0 saturated heterocycles. The van der Waals surface area contributed by atoms with Gasteiger partial charge in [-0.3, -0.25) is 4.79 Å². The molecule has 4 heteroatoms. The first kappa shape index (κ1) is 34.0. The van der Waals surface area contributed by atoms with Gasteiger partial charge >= 0.3 is 0 Å². The lowest BCUT2D eigenvalue weighted by Gasteiger charge is -2.33. The molecule has 0 aliphatic rings. The average molecular weight is 431 g/mol. The number of rotatable bonds is 8. The minimum atomic E-state index is -0.130. The number of hydrogen-bond donors (Lipinski definition) is 1. The summed E-state index contributed by atoms with van der Waals surface area (Å²) < 4.78 is 0.